The average Bonchev–Trinajstić information content (AvgIpc) is 2.88. The van der Waals surface area contributed by atoms with Crippen LogP contribution in [-0.4, -0.2) is 21.2 Å². The lowest BCUT2D eigenvalue weighted by Gasteiger charge is -2.06. The second-order valence-electron chi connectivity index (χ2n) is 5.30. The molecule has 0 spiro atoms. The lowest BCUT2D eigenvalue weighted by atomic mass is 10.2. The van der Waals surface area contributed by atoms with Gasteiger partial charge in [-0.1, -0.05) is 23.7 Å². The minimum Gasteiger partial charge on any atom is -0.326 e. The highest BCUT2D eigenvalue weighted by Gasteiger charge is 2.07. The van der Waals surface area contributed by atoms with E-state index in [0.29, 0.717) is 27.9 Å². The van der Waals surface area contributed by atoms with Gasteiger partial charge in [-0.2, -0.15) is 0 Å². The molecule has 2 amide bonds. The van der Waals surface area contributed by atoms with Gasteiger partial charge in [-0.25, -0.2) is 4.98 Å². The summed E-state index contributed by atoms with van der Waals surface area (Å²) in [5.74, 6) is -0.493. The zero-order chi connectivity index (χ0) is 17.8. The fourth-order valence-corrected chi connectivity index (χ4v) is 2.59. The van der Waals surface area contributed by atoms with Crippen molar-refractivity contribution in [3.05, 3.63) is 65.6 Å². The van der Waals surface area contributed by atoms with Gasteiger partial charge in [-0.15, -0.1) is 0 Å². The largest absolute Gasteiger partial charge is 0.326 e. The summed E-state index contributed by atoms with van der Waals surface area (Å²) < 4.78 is 1.80. The lowest BCUT2D eigenvalue weighted by Crippen LogP contribution is -2.09. The molecule has 3 aromatic rings. The van der Waals surface area contributed by atoms with Crippen molar-refractivity contribution in [1.82, 2.24) is 9.38 Å². The van der Waals surface area contributed by atoms with Crippen LogP contribution in [0.3, 0.4) is 0 Å². The molecule has 0 atom stereocenters. The molecule has 0 saturated carbocycles. The van der Waals surface area contributed by atoms with E-state index in [4.69, 9.17) is 11.6 Å². The van der Waals surface area contributed by atoms with Crippen molar-refractivity contribution in [2.24, 2.45) is 0 Å². The third-order valence-corrected chi connectivity index (χ3v) is 3.64. The van der Waals surface area contributed by atoms with E-state index >= 15 is 0 Å². The van der Waals surface area contributed by atoms with Crippen LogP contribution < -0.4 is 10.6 Å². The Hall–Kier alpha value is -3.12. The molecule has 6 nitrogen and oxygen atoms in total. The standard InChI is InChI=1S/C18H15ClN4O2/c1-12(24)20-13-5-4-6-14(11-13)21-17(25)9-8-15-18(19)22-16-7-2-3-10-23(15)16/h2-11H,1H3,(H,20,24)(H,21,25)/b9-8+. The number of benzene rings is 1. The molecule has 0 unspecified atom stereocenters. The number of fused-ring (bicyclic) bond motifs is 1. The Morgan fingerprint density at radius 2 is 1.88 bits per heavy atom. The van der Waals surface area contributed by atoms with Crippen LogP contribution in [-0.2, 0) is 9.59 Å². The molecule has 2 aromatic heterocycles. The van der Waals surface area contributed by atoms with Gasteiger partial charge in [-0.3, -0.25) is 14.0 Å². The molecule has 0 aliphatic carbocycles. The normalized spacial score (nSPS) is 11.0. The first-order valence-electron chi connectivity index (χ1n) is 7.52. The molecule has 2 N–H and O–H groups in total. The second kappa shape index (κ2) is 7.19. The van der Waals surface area contributed by atoms with Gasteiger partial charge in [0.15, 0.2) is 5.15 Å². The van der Waals surface area contributed by atoms with Crippen molar-refractivity contribution >= 4 is 46.5 Å². The maximum absolute atomic E-state index is 12.1. The summed E-state index contributed by atoms with van der Waals surface area (Å²) in [6.07, 6.45) is 4.81. The van der Waals surface area contributed by atoms with Gasteiger partial charge in [0.2, 0.25) is 11.8 Å². The number of halogens is 1. The molecule has 7 heteroatoms. The van der Waals surface area contributed by atoms with Gasteiger partial charge in [0.25, 0.3) is 0 Å². The van der Waals surface area contributed by atoms with E-state index in [9.17, 15) is 9.59 Å². The van der Waals surface area contributed by atoms with E-state index in [-0.39, 0.29) is 11.8 Å². The summed E-state index contributed by atoms with van der Waals surface area (Å²) in [5.41, 5.74) is 2.51. The molecule has 126 valence electrons. The number of carbonyl (C=O) groups is 2. The minimum atomic E-state index is -0.318. The number of carbonyl (C=O) groups excluding carboxylic acids is 2. The summed E-state index contributed by atoms with van der Waals surface area (Å²) in [7, 11) is 0. The third kappa shape index (κ3) is 4.05. The van der Waals surface area contributed by atoms with Crippen LogP contribution in [0.4, 0.5) is 11.4 Å². The van der Waals surface area contributed by atoms with Gasteiger partial charge >= 0.3 is 0 Å². The number of nitrogens with zero attached hydrogens (tertiary/aromatic N) is 2. The van der Waals surface area contributed by atoms with Crippen molar-refractivity contribution in [2.45, 2.75) is 6.92 Å². The number of hydrogen-bond acceptors (Lipinski definition) is 3. The number of imidazole rings is 1. The summed E-state index contributed by atoms with van der Waals surface area (Å²) in [5, 5.41) is 5.72. The highest BCUT2D eigenvalue weighted by atomic mass is 35.5. The molecule has 0 bridgehead atoms. The minimum absolute atomic E-state index is 0.175. The second-order valence-corrected chi connectivity index (χ2v) is 5.66. The first kappa shape index (κ1) is 16.7. The fourth-order valence-electron chi connectivity index (χ4n) is 2.35. The summed E-state index contributed by atoms with van der Waals surface area (Å²) >= 11 is 6.13. The molecule has 3 rings (SSSR count). The predicted molar refractivity (Wildman–Crippen MR) is 98.6 cm³/mol. The first-order valence-corrected chi connectivity index (χ1v) is 7.90. The average molecular weight is 355 g/mol. The Morgan fingerprint density at radius 1 is 1.12 bits per heavy atom. The Labute approximate surface area is 149 Å². The maximum Gasteiger partial charge on any atom is 0.248 e. The molecular formula is C18H15ClN4O2. The van der Waals surface area contributed by atoms with Crippen LogP contribution >= 0.6 is 11.6 Å². The summed E-state index contributed by atoms with van der Waals surface area (Å²) in [6, 6.07) is 12.4. The zero-order valence-electron chi connectivity index (χ0n) is 13.4. The van der Waals surface area contributed by atoms with Crippen LogP contribution in [0, 0.1) is 0 Å². The van der Waals surface area contributed by atoms with Crippen molar-refractivity contribution in [2.75, 3.05) is 10.6 Å². The van der Waals surface area contributed by atoms with E-state index in [1.54, 1.807) is 34.7 Å². The van der Waals surface area contributed by atoms with E-state index < -0.39 is 0 Å². The molecule has 0 radical (unpaired) electrons. The third-order valence-electron chi connectivity index (χ3n) is 3.37. The molecule has 0 aliphatic rings. The van der Waals surface area contributed by atoms with Crippen molar-refractivity contribution in [3.8, 4) is 0 Å². The maximum atomic E-state index is 12.1. The molecule has 2 heterocycles. The van der Waals surface area contributed by atoms with E-state index in [2.05, 4.69) is 15.6 Å². The van der Waals surface area contributed by atoms with Crippen LogP contribution in [0.15, 0.2) is 54.7 Å². The van der Waals surface area contributed by atoms with E-state index in [1.807, 2.05) is 24.4 Å². The topological polar surface area (TPSA) is 75.5 Å². The number of aromatic nitrogens is 2. The Morgan fingerprint density at radius 3 is 2.64 bits per heavy atom. The number of hydrogen-bond donors (Lipinski definition) is 2. The van der Waals surface area contributed by atoms with Crippen molar-refractivity contribution in [3.63, 3.8) is 0 Å². The Bertz CT molecular complexity index is 978. The number of rotatable bonds is 4. The van der Waals surface area contributed by atoms with Gasteiger partial charge in [0, 0.05) is 30.6 Å². The first-order chi connectivity index (χ1) is 12.0. The molecule has 0 saturated heterocycles. The van der Waals surface area contributed by atoms with E-state index in [1.165, 1.54) is 13.0 Å². The van der Waals surface area contributed by atoms with Gasteiger partial charge in [0.05, 0.1) is 5.69 Å². The number of anilines is 2. The quantitative estimate of drug-likeness (QED) is 0.703. The number of nitrogens with one attached hydrogen (secondary N) is 2. The smallest absolute Gasteiger partial charge is 0.248 e. The Kier molecular flexibility index (Phi) is 4.81. The van der Waals surface area contributed by atoms with Crippen LogP contribution in [0.5, 0.6) is 0 Å². The number of amides is 2. The zero-order valence-corrected chi connectivity index (χ0v) is 14.1. The van der Waals surface area contributed by atoms with Crippen molar-refractivity contribution < 1.29 is 9.59 Å². The predicted octanol–water partition coefficient (Wildman–Crippen LogP) is 3.60. The van der Waals surface area contributed by atoms with Gasteiger partial charge in [0.1, 0.15) is 5.65 Å². The monoisotopic (exact) mass is 354 g/mol. The molecule has 25 heavy (non-hydrogen) atoms. The van der Waals surface area contributed by atoms with Crippen LogP contribution in [0.25, 0.3) is 11.7 Å². The molecule has 0 fully saturated rings. The fraction of sp³-hybridized carbons (Fsp3) is 0.0556. The van der Waals surface area contributed by atoms with Crippen LogP contribution in [0.2, 0.25) is 5.15 Å². The molecule has 0 aliphatic heterocycles. The van der Waals surface area contributed by atoms with Gasteiger partial charge in [-0.05, 0) is 36.4 Å². The highest BCUT2D eigenvalue weighted by molar-refractivity contribution is 6.31. The van der Waals surface area contributed by atoms with Crippen LogP contribution in [0.1, 0.15) is 12.6 Å². The molecular weight excluding hydrogens is 340 g/mol. The number of pyridine rings is 1. The van der Waals surface area contributed by atoms with E-state index in [0.717, 1.165) is 0 Å². The highest BCUT2D eigenvalue weighted by Crippen LogP contribution is 2.19. The Balaban J connectivity index is 1.75. The SMILES string of the molecule is CC(=O)Nc1cccc(NC(=O)/C=C/c2c(Cl)nc3ccccn23)c1. The summed E-state index contributed by atoms with van der Waals surface area (Å²) in [4.78, 5) is 27.4. The molecule has 1 aromatic carbocycles. The van der Waals surface area contributed by atoms with Crippen molar-refractivity contribution in [1.29, 1.82) is 0 Å². The summed E-state index contributed by atoms with van der Waals surface area (Å²) in [6.45, 7) is 1.42. The lowest BCUT2D eigenvalue weighted by molar-refractivity contribution is -0.114. The van der Waals surface area contributed by atoms with Gasteiger partial charge < -0.3 is 10.6 Å².